The molecule has 1 aromatic carbocycles. The Labute approximate surface area is 132 Å². The Morgan fingerprint density at radius 2 is 1.91 bits per heavy atom. The second kappa shape index (κ2) is 7.13. The van der Waals surface area contributed by atoms with Crippen LogP contribution in [0.2, 0.25) is 0 Å². The molecule has 1 aliphatic carbocycles. The molecule has 122 valence electrons. The molecule has 0 unspecified atom stereocenters. The molecule has 0 atom stereocenters. The zero-order chi connectivity index (χ0) is 16.2. The van der Waals surface area contributed by atoms with E-state index in [1.807, 2.05) is 4.90 Å². The van der Waals surface area contributed by atoms with Crippen molar-refractivity contribution in [2.75, 3.05) is 12.8 Å². The van der Waals surface area contributed by atoms with Crippen molar-refractivity contribution in [2.45, 2.75) is 39.2 Å². The number of nitrogens with zero attached hydrogens (tertiary/aromatic N) is 1. The maximum absolute atomic E-state index is 12.3. The maximum Gasteiger partial charge on any atom is 0.306 e. The van der Waals surface area contributed by atoms with Crippen molar-refractivity contribution in [1.29, 1.82) is 0 Å². The van der Waals surface area contributed by atoms with Gasteiger partial charge in [0.1, 0.15) is 5.75 Å². The molecule has 22 heavy (non-hydrogen) atoms. The Morgan fingerprint density at radius 1 is 1.27 bits per heavy atom. The summed E-state index contributed by atoms with van der Waals surface area (Å²) in [5, 5.41) is 0. The van der Waals surface area contributed by atoms with Crippen molar-refractivity contribution in [3.63, 3.8) is 0 Å². The maximum atomic E-state index is 12.3. The Hall–Kier alpha value is -1.56. The van der Waals surface area contributed by atoms with E-state index >= 15 is 0 Å². The van der Waals surface area contributed by atoms with Gasteiger partial charge < -0.3 is 9.08 Å². The first-order chi connectivity index (χ1) is 10.4. The highest BCUT2D eigenvalue weighted by molar-refractivity contribution is 7.86. The second-order valence-corrected chi connectivity index (χ2v) is 7.39. The predicted molar refractivity (Wildman–Crippen MR) is 85.0 cm³/mol. The quantitative estimate of drug-likeness (QED) is 0.689. The summed E-state index contributed by atoms with van der Waals surface area (Å²) < 4.78 is 27.0. The topological polar surface area (TPSA) is 63.7 Å². The molecule has 0 bridgehead atoms. The van der Waals surface area contributed by atoms with Crippen LogP contribution in [0.25, 0.3) is 0 Å². The van der Waals surface area contributed by atoms with Gasteiger partial charge in [-0.1, -0.05) is 25.5 Å². The Balaban J connectivity index is 2.00. The third kappa shape index (κ3) is 5.33. The minimum atomic E-state index is -3.51. The van der Waals surface area contributed by atoms with E-state index in [1.54, 1.807) is 24.3 Å². The summed E-state index contributed by atoms with van der Waals surface area (Å²) >= 11 is 0. The van der Waals surface area contributed by atoms with Gasteiger partial charge in [0.15, 0.2) is 0 Å². The van der Waals surface area contributed by atoms with Gasteiger partial charge >= 0.3 is 10.1 Å². The van der Waals surface area contributed by atoms with E-state index in [4.69, 9.17) is 4.18 Å². The number of hydrogen-bond acceptors (Lipinski definition) is 4. The van der Waals surface area contributed by atoms with Gasteiger partial charge in [-0.15, -0.1) is 0 Å². The van der Waals surface area contributed by atoms with Crippen LogP contribution in [0.15, 0.2) is 24.3 Å². The number of carbonyl (C=O) groups is 1. The van der Waals surface area contributed by atoms with Gasteiger partial charge in [-0.05, 0) is 37.0 Å². The zero-order valence-corrected chi connectivity index (χ0v) is 13.9. The lowest BCUT2D eigenvalue weighted by Gasteiger charge is -2.23. The van der Waals surface area contributed by atoms with Crippen LogP contribution in [0, 0.1) is 5.92 Å². The first kappa shape index (κ1) is 16.8. The van der Waals surface area contributed by atoms with Crippen LogP contribution in [0.5, 0.6) is 5.75 Å². The molecule has 0 radical (unpaired) electrons. The van der Waals surface area contributed by atoms with Gasteiger partial charge in [0, 0.05) is 19.0 Å². The van der Waals surface area contributed by atoms with Crippen molar-refractivity contribution < 1.29 is 17.4 Å². The highest BCUT2D eigenvalue weighted by atomic mass is 32.2. The molecule has 0 saturated heterocycles. The Morgan fingerprint density at radius 3 is 2.41 bits per heavy atom. The molecular weight excluding hydrogens is 302 g/mol. The normalized spacial score (nSPS) is 14.6. The van der Waals surface area contributed by atoms with Crippen LogP contribution in [-0.2, 0) is 21.5 Å². The lowest BCUT2D eigenvalue weighted by molar-refractivity contribution is -0.133. The molecule has 0 aliphatic heterocycles. The number of unbranched alkanes of at least 4 members (excludes halogenated alkanes) is 1. The summed E-state index contributed by atoms with van der Waals surface area (Å²) in [5.41, 5.74) is 0.978. The molecule has 5 nitrogen and oxygen atoms in total. The SMILES string of the molecule is CCCCN(Cc1ccc(OS(C)(=O)=O)cc1)C(=O)C1CC1. The van der Waals surface area contributed by atoms with Crippen molar-refractivity contribution in [3.8, 4) is 5.75 Å². The van der Waals surface area contributed by atoms with E-state index in [2.05, 4.69) is 6.92 Å². The van der Waals surface area contributed by atoms with Crippen LogP contribution in [-0.4, -0.2) is 32.0 Å². The van der Waals surface area contributed by atoms with Crippen LogP contribution < -0.4 is 4.18 Å². The second-order valence-electron chi connectivity index (χ2n) is 5.82. The molecule has 0 spiro atoms. The standard InChI is InChI=1S/C16H23NO4S/c1-3-4-11-17(16(18)14-7-8-14)12-13-5-9-15(10-6-13)21-22(2,19)20/h5-6,9-10,14H,3-4,7-8,11-12H2,1-2H3. The fourth-order valence-corrected chi connectivity index (χ4v) is 2.71. The summed E-state index contributed by atoms with van der Waals surface area (Å²) in [6.07, 6.45) is 5.07. The Kier molecular flexibility index (Phi) is 5.45. The third-order valence-electron chi connectivity index (χ3n) is 3.56. The van der Waals surface area contributed by atoms with Gasteiger partial charge in [-0.2, -0.15) is 8.42 Å². The molecule has 1 amide bonds. The molecule has 6 heteroatoms. The highest BCUT2D eigenvalue weighted by Crippen LogP contribution is 2.31. The van der Waals surface area contributed by atoms with Crippen LogP contribution >= 0.6 is 0 Å². The lowest BCUT2D eigenvalue weighted by Crippen LogP contribution is -2.32. The average molecular weight is 325 g/mol. The monoisotopic (exact) mass is 325 g/mol. The Bertz CT molecular complexity index is 606. The summed E-state index contributed by atoms with van der Waals surface area (Å²) in [5.74, 6) is 0.745. The first-order valence-corrected chi connectivity index (χ1v) is 9.48. The predicted octanol–water partition coefficient (Wildman–Crippen LogP) is 2.56. The van der Waals surface area contributed by atoms with Gasteiger partial charge in [0.2, 0.25) is 5.91 Å². The molecule has 1 saturated carbocycles. The van der Waals surface area contributed by atoms with E-state index in [9.17, 15) is 13.2 Å². The summed E-state index contributed by atoms with van der Waals surface area (Å²) in [6.45, 7) is 3.44. The fourth-order valence-electron chi connectivity index (χ4n) is 2.25. The minimum absolute atomic E-state index is 0.213. The summed E-state index contributed by atoms with van der Waals surface area (Å²) in [7, 11) is -3.51. The molecule has 0 aromatic heterocycles. The molecule has 2 rings (SSSR count). The van der Waals surface area contributed by atoms with Crippen molar-refractivity contribution in [3.05, 3.63) is 29.8 Å². The molecule has 1 aromatic rings. The van der Waals surface area contributed by atoms with E-state index in [0.29, 0.717) is 12.3 Å². The van der Waals surface area contributed by atoms with Gasteiger partial charge in [-0.3, -0.25) is 4.79 Å². The van der Waals surface area contributed by atoms with Gasteiger partial charge in [-0.25, -0.2) is 0 Å². The summed E-state index contributed by atoms with van der Waals surface area (Å²) in [6, 6.07) is 6.85. The van der Waals surface area contributed by atoms with Gasteiger partial charge in [0.05, 0.1) is 6.26 Å². The molecule has 1 aliphatic rings. The number of hydrogen-bond donors (Lipinski definition) is 0. The molecule has 0 N–H and O–H groups in total. The first-order valence-electron chi connectivity index (χ1n) is 7.66. The van der Waals surface area contributed by atoms with Gasteiger partial charge in [0.25, 0.3) is 0 Å². The number of carbonyl (C=O) groups excluding carboxylic acids is 1. The number of amides is 1. The van der Waals surface area contributed by atoms with Crippen molar-refractivity contribution in [2.24, 2.45) is 5.92 Å². The lowest BCUT2D eigenvalue weighted by atomic mass is 10.2. The van der Waals surface area contributed by atoms with Crippen LogP contribution in [0.3, 0.4) is 0 Å². The minimum Gasteiger partial charge on any atom is -0.383 e. The zero-order valence-electron chi connectivity index (χ0n) is 13.1. The molecule has 0 heterocycles. The third-order valence-corrected chi connectivity index (χ3v) is 4.06. The fraction of sp³-hybridized carbons (Fsp3) is 0.562. The van der Waals surface area contributed by atoms with Crippen LogP contribution in [0.1, 0.15) is 38.2 Å². The van der Waals surface area contributed by atoms with E-state index in [-0.39, 0.29) is 11.8 Å². The highest BCUT2D eigenvalue weighted by Gasteiger charge is 2.33. The van der Waals surface area contributed by atoms with E-state index in [0.717, 1.165) is 44.0 Å². The van der Waals surface area contributed by atoms with Crippen LogP contribution in [0.4, 0.5) is 0 Å². The van der Waals surface area contributed by atoms with Crippen molar-refractivity contribution >= 4 is 16.0 Å². The average Bonchev–Trinajstić information content (AvgIpc) is 3.27. The van der Waals surface area contributed by atoms with E-state index < -0.39 is 10.1 Å². The smallest absolute Gasteiger partial charge is 0.306 e. The number of benzene rings is 1. The van der Waals surface area contributed by atoms with E-state index in [1.165, 1.54) is 0 Å². The number of rotatable bonds is 8. The largest absolute Gasteiger partial charge is 0.383 e. The molecular formula is C16H23NO4S. The van der Waals surface area contributed by atoms with Crippen molar-refractivity contribution in [1.82, 2.24) is 4.90 Å². The molecule has 1 fully saturated rings. The summed E-state index contributed by atoms with van der Waals surface area (Å²) in [4.78, 5) is 14.2.